The molecule has 0 aromatic rings. The molecule has 0 aromatic heterocycles. The Morgan fingerprint density at radius 2 is 2.13 bits per heavy atom. The van der Waals surface area contributed by atoms with E-state index in [0.717, 1.165) is 45.2 Å². The van der Waals surface area contributed by atoms with Crippen LogP contribution >= 0.6 is 0 Å². The number of unbranched alkanes of at least 4 members (excludes halogenated alkanes) is 1. The number of aliphatic hydroxyl groups excluding tert-OH is 1. The first-order chi connectivity index (χ1) is 7.20. The van der Waals surface area contributed by atoms with Crippen molar-refractivity contribution in [3.8, 4) is 0 Å². The van der Waals surface area contributed by atoms with Crippen LogP contribution in [0.5, 0.6) is 0 Å². The lowest BCUT2D eigenvalue weighted by Crippen LogP contribution is -2.28. The molecule has 0 spiro atoms. The average molecular weight is 215 g/mol. The Bertz CT molecular complexity index is 196. The summed E-state index contributed by atoms with van der Waals surface area (Å²) in [7, 11) is 0. The molecule has 0 heterocycles. The molecule has 0 radical (unpaired) electrons. The molecule has 0 aromatic carbocycles. The van der Waals surface area contributed by atoms with Gasteiger partial charge in [-0.3, -0.25) is 4.79 Å². The highest BCUT2D eigenvalue weighted by Crippen LogP contribution is 2.24. The maximum absolute atomic E-state index is 10.2. The van der Waals surface area contributed by atoms with Crippen LogP contribution < -0.4 is 5.32 Å². The Labute approximate surface area is 90.7 Å². The van der Waals surface area contributed by atoms with Crippen LogP contribution in [0.4, 0.5) is 0 Å². The number of hydrogen-bond acceptors (Lipinski definition) is 3. The van der Waals surface area contributed by atoms with Crippen LogP contribution in [0.3, 0.4) is 0 Å². The fraction of sp³-hybridized carbons (Fsp3) is 0.909. The molecule has 1 aliphatic rings. The van der Waals surface area contributed by atoms with Crippen molar-refractivity contribution in [3.63, 3.8) is 0 Å². The Balaban J connectivity index is 1.90. The predicted octanol–water partition coefficient (Wildman–Crippen LogP) is 0.992. The molecule has 4 heteroatoms. The third kappa shape index (κ3) is 5.14. The molecule has 0 aliphatic heterocycles. The minimum absolute atomic E-state index is 0.128. The molecule has 1 aliphatic carbocycles. The summed E-state index contributed by atoms with van der Waals surface area (Å²) in [5, 5.41) is 21.2. The van der Waals surface area contributed by atoms with Gasteiger partial charge in [-0.1, -0.05) is 6.42 Å². The highest BCUT2D eigenvalue weighted by atomic mass is 16.4. The minimum Gasteiger partial charge on any atom is -0.481 e. The van der Waals surface area contributed by atoms with E-state index in [9.17, 15) is 9.90 Å². The summed E-state index contributed by atoms with van der Waals surface area (Å²) < 4.78 is 0. The van der Waals surface area contributed by atoms with E-state index in [2.05, 4.69) is 5.32 Å². The molecular formula is C11H21NO3. The Morgan fingerprint density at radius 3 is 2.73 bits per heavy atom. The van der Waals surface area contributed by atoms with Crippen molar-refractivity contribution < 1.29 is 15.0 Å². The van der Waals surface area contributed by atoms with Crippen LogP contribution in [0, 0.1) is 5.92 Å². The van der Waals surface area contributed by atoms with Gasteiger partial charge in [0.1, 0.15) is 0 Å². The Morgan fingerprint density at radius 1 is 1.33 bits per heavy atom. The molecule has 1 rings (SSSR count). The zero-order valence-corrected chi connectivity index (χ0v) is 9.11. The molecule has 0 bridgehead atoms. The molecule has 0 amide bonds. The van der Waals surface area contributed by atoms with Gasteiger partial charge in [0.15, 0.2) is 0 Å². The minimum atomic E-state index is -0.721. The van der Waals surface area contributed by atoms with E-state index in [1.807, 2.05) is 0 Å². The number of rotatable bonds is 7. The molecule has 4 nitrogen and oxygen atoms in total. The summed E-state index contributed by atoms with van der Waals surface area (Å²) >= 11 is 0. The summed E-state index contributed by atoms with van der Waals surface area (Å²) in [6.45, 7) is 1.73. The van der Waals surface area contributed by atoms with Crippen LogP contribution in [0.25, 0.3) is 0 Å². The maximum atomic E-state index is 10.2. The lowest BCUT2D eigenvalue weighted by atomic mass is 10.1. The van der Waals surface area contributed by atoms with Crippen molar-refractivity contribution in [3.05, 3.63) is 0 Å². The number of nitrogens with one attached hydrogen (secondary N) is 1. The fourth-order valence-electron chi connectivity index (χ4n) is 2.07. The maximum Gasteiger partial charge on any atom is 0.303 e. The van der Waals surface area contributed by atoms with Crippen molar-refractivity contribution in [1.29, 1.82) is 0 Å². The highest BCUT2D eigenvalue weighted by molar-refractivity contribution is 5.66. The first-order valence-electron chi connectivity index (χ1n) is 5.80. The van der Waals surface area contributed by atoms with Crippen molar-refractivity contribution in [1.82, 2.24) is 5.32 Å². The van der Waals surface area contributed by atoms with E-state index in [4.69, 9.17) is 5.11 Å². The highest BCUT2D eigenvalue weighted by Gasteiger charge is 2.24. The topological polar surface area (TPSA) is 69.6 Å². The van der Waals surface area contributed by atoms with Gasteiger partial charge in [-0.15, -0.1) is 0 Å². The predicted molar refractivity (Wildman–Crippen MR) is 57.7 cm³/mol. The lowest BCUT2D eigenvalue weighted by molar-refractivity contribution is -0.137. The van der Waals surface area contributed by atoms with Crippen LogP contribution in [0.1, 0.15) is 38.5 Å². The molecule has 2 atom stereocenters. The Kier molecular flexibility index (Phi) is 5.65. The standard InChI is InChI=1S/C11H21NO3/c13-10-5-3-4-9(10)8-12-7-2-1-6-11(14)15/h9-10,12-13H,1-8H2,(H,14,15). The zero-order chi connectivity index (χ0) is 11.1. The van der Waals surface area contributed by atoms with Gasteiger partial charge in [-0.05, 0) is 38.1 Å². The number of carboxylic acids is 1. The number of aliphatic hydroxyl groups is 1. The van der Waals surface area contributed by atoms with Crippen molar-refractivity contribution in [2.75, 3.05) is 13.1 Å². The molecular weight excluding hydrogens is 194 g/mol. The summed E-state index contributed by atoms with van der Waals surface area (Å²) in [4.78, 5) is 10.2. The monoisotopic (exact) mass is 215 g/mol. The lowest BCUT2D eigenvalue weighted by Gasteiger charge is -2.14. The van der Waals surface area contributed by atoms with Gasteiger partial charge in [0, 0.05) is 13.0 Å². The van der Waals surface area contributed by atoms with E-state index in [-0.39, 0.29) is 12.5 Å². The van der Waals surface area contributed by atoms with Gasteiger partial charge in [0.25, 0.3) is 0 Å². The summed E-state index contributed by atoms with van der Waals surface area (Å²) in [6.07, 6.45) is 4.94. The second kappa shape index (κ2) is 6.80. The molecule has 0 saturated heterocycles. The van der Waals surface area contributed by atoms with Crippen molar-refractivity contribution >= 4 is 5.97 Å². The molecule has 3 N–H and O–H groups in total. The summed E-state index contributed by atoms with van der Waals surface area (Å²) in [5.41, 5.74) is 0. The second-order valence-corrected chi connectivity index (χ2v) is 4.31. The third-order valence-electron chi connectivity index (χ3n) is 3.02. The molecule has 15 heavy (non-hydrogen) atoms. The molecule has 1 saturated carbocycles. The van der Waals surface area contributed by atoms with Crippen molar-refractivity contribution in [2.45, 2.75) is 44.6 Å². The normalized spacial score (nSPS) is 25.7. The fourth-order valence-corrected chi connectivity index (χ4v) is 2.07. The van der Waals surface area contributed by atoms with Crippen molar-refractivity contribution in [2.24, 2.45) is 5.92 Å². The van der Waals surface area contributed by atoms with Crippen LogP contribution in [-0.4, -0.2) is 35.4 Å². The first kappa shape index (κ1) is 12.5. The zero-order valence-electron chi connectivity index (χ0n) is 9.11. The number of carboxylic acid groups (broad SMARTS) is 1. The quantitative estimate of drug-likeness (QED) is 0.554. The van der Waals surface area contributed by atoms with Gasteiger partial charge < -0.3 is 15.5 Å². The van der Waals surface area contributed by atoms with Gasteiger partial charge >= 0.3 is 5.97 Å². The Hall–Kier alpha value is -0.610. The van der Waals surface area contributed by atoms with Crippen LogP contribution in [-0.2, 0) is 4.79 Å². The van der Waals surface area contributed by atoms with Gasteiger partial charge in [0.2, 0.25) is 0 Å². The van der Waals surface area contributed by atoms with Gasteiger partial charge in [0.05, 0.1) is 6.10 Å². The third-order valence-corrected chi connectivity index (χ3v) is 3.02. The molecule has 2 unspecified atom stereocenters. The molecule has 88 valence electrons. The van der Waals surface area contributed by atoms with Crippen LogP contribution in [0.2, 0.25) is 0 Å². The largest absolute Gasteiger partial charge is 0.481 e. The van der Waals surface area contributed by atoms with E-state index in [0.29, 0.717) is 5.92 Å². The van der Waals surface area contributed by atoms with Crippen LogP contribution in [0.15, 0.2) is 0 Å². The second-order valence-electron chi connectivity index (χ2n) is 4.31. The van der Waals surface area contributed by atoms with E-state index < -0.39 is 5.97 Å². The van der Waals surface area contributed by atoms with Gasteiger partial charge in [-0.25, -0.2) is 0 Å². The summed E-state index contributed by atoms with van der Waals surface area (Å²) in [6, 6.07) is 0. The summed E-state index contributed by atoms with van der Waals surface area (Å²) in [5.74, 6) is -0.314. The van der Waals surface area contributed by atoms with Gasteiger partial charge in [-0.2, -0.15) is 0 Å². The smallest absolute Gasteiger partial charge is 0.303 e. The number of aliphatic carboxylic acids is 1. The average Bonchev–Trinajstić information content (AvgIpc) is 2.57. The molecule has 1 fully saturated rings. The van der Waals surface area contributed by atoms with E-state index >= 15 is 0 Å². The van der Waals surface area contributed by atoms with E-state index in [1.165, 1.54) is 0 Å². The SMILES string of the molecule is O=C(O)CCCCNCC1CCCC1O. The van der Waals surface area contributed by atoms with E-state index in [1.54, 1.807) is 0 Å². The number of carbonyl (C=O) groups is 1. The number of hydrogen-bond donors (Lipinski definition) is 3. The first-order valence-corrected chi connectivity index (χ1v) is 5.80.